The molecule has 0 aliphatic heterocycles. The smallest absolute Gasteiger partial charge is 0.133 e. The first-order valence-corrected chi connectivity index (χ1v) is 4.54. The van der Waals surface area contributed by atoms with E-state index in [4.69, 9.17) is 0 Å². The van der Waals surface area contributed by atoms with Crippen LogP contribution < -0.4 is 0 Å². The molecule has 0 unspecified atom stereocenters. The summed E-state index contributed by atoms with van der Waals surface area (Å²) in [7, 11) is 0. The molecule has 0 saturated heterocycles. The van der Waals surface area contributed by atoms with Crippen molar-refractivity contribution >= 4 is 5.78 Å². The second-order valence-electron chi connectivity index (χ2n) is 3.71. The quantitative estimate of drug-likeness (QED) is 0.484. The van der Waals surface area contributed by atoms with Crippen LogP contribution in [0.2, 0.25) is 0 Å². The normalized spacial score (nSPS) is 36.9. The summed E-state index contributed by atoms with van der Waals surface area (Å²) in [6, 6.07) is 0. The molecule has 60 valence electrons. The summed E-state index contributed by atoms with van der Waals surface area (Å²) in [4.78, 5) is 11.1. The molecule has 0 radical (unpaired) electrons. The average Bonchev–Trinajstić information content (AvgIpc) is 2.04. The zero-order valence-electron chi connectivity index (χ0n) is 6.75. The highest BCUT2D eigenvalue weighted by atomic mass is 16.1. The fourth-order valence-corrected chi connectivity index (χ4v) is 2.26. The molecule has 0 aromatic heterocycles. The van der Waals surface area contributed by atoms with Crippen molar-refractivity contribution in [3.63, 3.8) is 0 Å². The van der Waals surface area contributed by atoms with Gasteiger partial charge in [-0.2, -0.15) is 0 Å². The standard InChI is InChI=1S/C10H14O/c11-10-6-5-8-3-1-2-4-9(8)7-10/h1,3,8-9H,2,4-7H2/t8-,9+/m0/s1. The Labute approximate surface area is 67.5 Å². The molecule has 1 heteroatoms. The maximum atomic E-state index is 11.1. The van der Waals surface area contributed by atoms with Crippen molar-refractivity contribution in [2.24, 2.45) is 11.8 Å². The van der Waals surface area contributed by atoms with Crippen LogP contribution in [0.15, 0.2) is 12.2 Å². The lowest BCUT2D eigenvalue weighted by Crippen LogP contribution is -2.25. The summed E-state index contributed by atoms with van der Waals surface area (Å²) >= 11 is 0. The molecular weight excluding hydrogens is 136 g/mol. The van der Waals surface area contributed by atoms with Crippen molar-refractivity contribution < 1.29 is 4.79 Å². The molecule has 11 heavy (non-hydrogen) atoms. The van der Waals surface area contributed by atoms with Gasteiger partial charge in [0, 0.05) is 12.8 Å². The zero-order chi connectivity index (χ0) is 7.68. The van der Waals surface area contributed by atoms with Gasteiger partial charge in [-0.25, -0.2) is 0 Å². The van der Waals surface area contributed by atoms with E-state index in [9.17, 15) is 4.79 Å². The SMILES string of the molecule is O=C1CC[C@@H]2C=CCC[C@@H]2C1. The van der Waals surface area contributed by atoms with E-state index in [2.05, 4.69) is 12.2 Å². The van der Waals surface area contributed by atoms with Gasteiger partial charge in [0.05, 0.1) is 0 Å². The first kappa shape index (κ1) is 7.08. The average molecular weight is 150 g/mol. The van der Waals surface area contributed by atoms with Gasteiger partial charge in [-0.15, -0.1) is 0 Å². The predicted octanol–water partition coefficient (Wildman–Crippen LogP) is 2.32. The number of allylic oxidation sites excluding steroid dienone is 2. The minimum atomic E-state index is 0.488. The van der Waals surface area contributed by atoms with Crippen molar-refractivity contribution in [2.75, 3.05) is 0 Å². The van der Waals surface area contributed by atoms with E-state index < -0.39 is 0 Å². The van der Waals surface area contributed by atoms with E-state index in [0.717, 1.165) is 25.2 Å². The van der Waals surface area contributed by atoms with Gasteiger partial charge in [-0.05, 0) is 31.1 Å². The molecule has 2 rings (SSSR count). The van der Waals surface area contributed by atoms with Crippen molar-refractivity contribution in [3.8, 4) is 0 Å². The Balaban J connectivity index is 2.07. The van der Waals surface area contributed by atoms with Crippen LogP contribution >= 0.6 is 0 Å². The largest absolute Gasteiger partial charge is 0.300 e. The molecule has 0 N–H and O–H groups in total. The van der Waals surface area contributed by atoms with Crippen LogP contribution in [-0.4, -0.2) is 5.78 Å². The molecule has 2 aliphatic rings. The van der Waals surface area contributed by atoms with Gasteiger partial charge in [-0.1, -0.05) is 12.2 Å². The van der Waals surface area contributed by atoms with Crippen LogP contribution in [0.4, 0.5) is 0 Å². The molecule has 0 aromatic rings. The van der Waals surface area contributed by atoms with E-state index in [1.807, 2.05) is 0 Å². The van der Waals surface area contributed by atoms with E-state index >= 15 is 0 Å². The third-order valence-electron chi connectivity index (χ3n) is 2.94. The maximum absolute atomic E-state index is 11.1. The van der Waals surface area contributed by atoms with E-state index in [-0.39, 0.29) is 0 Å². The molecule has 1 saturated carbocycles. The number of hydrogen-bond donors (Lipinski definition) is 0. The summed E-state index contributed by atoms with van der Waals surface area (Å²) in [6.07, 6.45) is 9.82. The Morgan fingerprint density at radius 3 is 3.18 bits per heavy atom. The third-order valence-corrected chi connectivity index (χ3v) is 2.94. The van der Waals surface area contributed by atoms with Crippen molar-refractivity contribution in [1.82, 2.24) is 0 Å². The Hall–Kier alpha value is -0.590. The summed E-state index contributed by atoms with van der Waals surface area (Å²) < 4.78 is 0. The Morgan fingerprint density at radius 1 is 1.36 bits per heavy atom. The van der Waals surface area contributed by atoms with Gasteiger partial charge in [0.2, 0.25) is 0 Å². The number of hydrogen-bond acceptors (Lipinski definition) is 1. The predicted molar refractivity (Wildman–Crippen MR) is 44.2 cm³/mol. The molecule has 1 nitrogen and oxygen atoms in total. The minimum absolute atomic E-state index is 0.488. The molecule has 0 heterocycles. The number of carbonyl (C=O) groups excluding carboxylic acids is 1. The van der Waals surface area contributed by atoms with Gasteiger partial charge in [-0.3, -0.25) is 4.79 Å². The summed E-state index contributed by atoms with van der Waals surface area (Å²) in [5, 5.41) is 0. The fourth-order valence-electron chi connectivity index (χ4n) is 2.26. The molecule has 0 spiro atoms. The Kier molecular flexibility index (Phi) is 1.80. The highest BCUT2D eigenvalue weighted by Crippen LogP contribution is 2.35. The highest BCUT2D eigenvalue weighted by molar-refractivity contribution is 5.79. The van der Waals surface area contributed by atoms with E-state index in [0.29, 0.717) is 11.7 Å². The molecule has 1 fully saturated rings. The van der Waals surface area contributed by atoms with Crippen LogP contribution in [0.5, 0.6) is 0 Å². The molecule has 0 bridgehead atoms. The van der Waals surface area contributed by atoms with Crippen molar-refractivity contribution in [2.45, 2.75) is 32.1 Å². The first-order valence-electron chi connectivity index (χ1n) is 4.54. The van der Waals surface area contributed by atoms with Crippen LogP contribution in [0.3, 0.4) is 0 Å². The van der Waals surface area contributed by atoms with Gasteiger partial charge in [0.1, 0.15) is 5.78 Å². The third kappa shape index (κ3) is 1.37. The number of Topliss-reactive ketones (excluding diaryl/α,β-unsaturated/α-hetero) is 1. The van der Waals surface area contributed by atoms with Crippen LogP contribution in [0.1, 0.15) is 32.1 Å². The number of carbonyl (C=O) groups is 1. The van der Waals surface area contributed by atoms with E-state index in [1.165, 1.54) is 12.8 Å². The molecule has 0 amide bonds. The lowest BCUT2D eigenvalue weighted by atomic mass is 9.74. The summed E-state index contributed by atoms with van der Waals surface area (Å²) in [6.45, 7) is 0. The van der Waals surface area contributed by atoms with Crippen LogP contribution in [-0.2, 0) is 4.79 Å². The molecule has 2 aliphatic carbocycles. The lowest BCUT2D eigenvalue weighted by molar-refractivity contribution is -0.122. The topological polar surface area (TPSA) is 17.1 Å². The number of fused-ring (bicyclic) bond motifs is 1. The maximum Gasteiger partial charge on any atom is 0.133 e. The molecular formula is C10H14O. The first-order chi connectivity index (χ1) is 5.36. The van der Waals surface area contributed by atoms with Gasteiger partial charge in [0.25, 0.3) is 0 Å². The van der Waals surface area contributed by atoms with Crippen LogP contribution in [0.25, 0.3) is 0 Å². The highest BCUT2D eigenvalue weighted by Gasteiger charge is 2.28. The van der Waals surface area contributed by atoms with E-state index in [1.54, 1.807) is 0 Å². The molecule has 2 atom stereocenters. The van der Waals surface area contributed by atoms with Gasteiger partial charge in [0.15, 0.2) is 0 Å². The summed E-state index contributed by atoms with van der Waals surface area (Å²) in [5.41, 5.74) is 0. The minimum Gasteiger partial charge on any atom is -0.300 e. The Morgan fingerprint density at radius 2 is 2.27 bits per heavy atom. The van der Waals surface area contributed by atoms with Crippen molar-refractivity contribution in [3.05, 3.63) is 12.2 Å². The summed E-state index contributed by atoms with van der Waals surface area (Å²) in [5.74, 6) is 1.92. The monoisotopic (exact) mass is 150 g/mol. The molecule has 0 aromatic carbocycles. The second kappa shape index (κ2) is 2.80. The fraction of sp³-hybridized carbons (Fsp3) is 0.700. The van der Waals surface area contributed by atoms with Gasteiger partial charge >= 0.3 is 0 Å². The lowest BCUT2D eigenvalue weighted by Gasteiger charge is -2.30. The number of ketones is 1. The van der Waals surface area contributed by atoms with Crippen LogP contribution in [0, 0.1) is 11.8 Å². The second-order valence-corrected chi connectivity index (χ2v) is 3.71. The van der Waals surface area contributed by atoms with Crippen molar-refractivity contribution in [1.29, 1.82) is 0 Å². The number of rotatable bonds is 0. The van der Waals surface area contributed by atoms with Gasteiger partial charge < -0.3 is 0 Å². The Bertz CT molecular complexity index is 193. The zero-order valence-corrected chi connectivity index (χ0v) is 6.75.